The van der Waals surface area contributed by atoms with Crippen LogP contribution in [0.15, 0.2) is 54.7 Å². The lowest BCUT2D eigenvalue weighted by Gasteiger charge is -2.12. The van der Waals surface area contributed by atoms with Gasteiger partial charge in [-0.3, -0.25) is 0 Å². The SMILES string of the molecule is C=C(C)C(=C)/C(=C\C)c1ccc2c(c1)C=CC2. The van der Waals surface area contributed by atoms with Crippen LogP contribution in [0.25, 0.3) is 11.6 Å². The topological polar surface area (TPSA) is 0 Å². The Kier molecular flexibility index (Phi) is 3.14. The molecule has 0 radical (unpaired) electrons. The molecule has 86 valence electrons. The molecule has 0 heterocycles. The predicted octanol–water partition coefficient (Wildman–Crippen LogP) is 4.79. The van der Waals surface area contributed by atoms with Crippen LogP contribution in [-0.4, -0.2) is 0 Å². The Morgan fingerprint density at radius 1 is 1.29 bits per heavy atom. The molecule has 0 spiro atoms. The largest absolute Gasteiger partial charge is 0.0955 e. The van der Waals surface area contributed by atoms with E-state index in [2.05, 4.69) is 49.6 Å². The maximum Gasteiger partial charge on any atom is -0.00882 e. The maximum absolute atomic E-state index is 4.11. The highest BCUT2D eigenvalue weighted by Gasteiger charge is 2.10. The molecule has 1 aliphatic rings. The van der Waals surface area contributed by atoms with Crippen molar-refractivity contribution in [3.8, 4) is 0 Å². The van der Waals surface area contributed by atoms with Crippen LogP contribution in [-0.2, 0) is 6.42 Å². The minimum Gasteiger partial charge on any atom is -0.0955 e. The van der Waals surface area contributed by atoms with Crippen molar-refractivity contribution in [3.63, 3.8) is 0 Å². The van der Waals surface area contributed by atoms with Gasteiger partial charge in [-0.05, 0) is 54.2 Å². The first-order valence-corrected chi connectivity index (χ1v) is 5.94. The standard InChI is InChI=1S/C17H18/c1-5-17(13(4)12(2)3)16-10-9-14-7-6-8-15(14)11-16/h5-6,8-11H,2,4,7H2,1,3H3/b17-5+. The smallest absolute Gasteiger partial charge is 0.00882 e. The average molecular weight is 222 g/mol. The summed E-state index contributed by atoms with van der Waals surface area (Å²) in [4.78, 5) is 0. The van der Waals surface area contributed by atoms with E-state index in [0.717, 1.165) is 17.6 Å². The Morgan fingerprint density at radius 2 is 2.06 bits per heavy atom. The molecule has 0 aromatic heterocycles. The van der Waals surface area contributed by atoms with Gasteiger partial charge in [0, 0.05) is 0 Å². The van der Waals surface area contributed by atoms with E-state index in [1.54, 1.807) is 0 Å². The fraction of sp³-hybridized carbons (Fsp3) is 0.176. The molecule has 0 fully saturated rings. The average Bonchev–Trinajstić information content (AvgIpc) is 2.77. The summed E-state index contributed by atoms with van der Waals surface area (Å²) in [6.07, 6.45) is 7.56. The molecule has 2 rings (SSSR count). The number of allylic oxidation sites excluding steroid dienone is 5. The van der Waals surface area contributed by atoms with Gasteiger partial charge < -0.3 is 0 Å². The molecule has 1 aromatic rings. The van der Waals surface area contributed by atoms with E-state index in [-0.39, 0.29) is 0 Å². The Bertz CT molecular complexity index is 539. The summed E-state index contributed by atoms with van der Waals surface area (Å²) >= 11 is 0. The molecule has 0 N–H and O–H groups in total. The normalized spacial score (nSPS) is 13.6. The zero-order valence-electron chi connectivity index (χ0n) is 10.6. The Labute approximate surface area is 104 Å². The molecule has 0 heteroatoms. The van der Waals surface area contributed by atoms with Crippen molar-refractivity contribution >= 4 is 11.6 Å². The fourth-order valence-electron chi connectivity index (χ4n) is 2.16. The van der Waals surface area contributed by atoms with Gasteiger partial charge in [-0.1, -0.05) is 49.1 Å². The lowest BCUT2D eigenvalue weighted by molar-refractivity contribution is 1.30. The number of benzene rings is 1. The summed E-state index contributed by atoms with van der Waals surface area (Å²) in [7, 11) is 0. The highest BCUT2D eigenvalue weighted by Crippen LogP contribution is 2.29. The summed E-state index contributed by atoms with van der Waals surface area (Å²) in [5.41, 5.74) is 7.19. The third-order valence-corrected chi connectivity index (χ3v) is 3.22. The lowest BCUT2D eigenvalue weighted by atomic mass is 9.93. The molecular weight excluding hydrogens is 204 g/mol. The summed E-state index contributed by atoms with van der Waals surface area (Å²) in [5.74, 6) is 0. The van der Waals surface area contributed by atoms with Gasteiger partial charge in [0.1, 0.15) is 0 Å². The molecule has 17 heavy (non-hydrogen) atoms. The highest BCUT2D eigenvalue weighted by molar-refractivity contribution is 5.83. The summed E-state index contributed by atoms with van der Waals surface area (Å²) in [6, 6.07) is 6.62. The first-order valence-electron chi connectivity index (χ1n) is 5.94. The van der Waals surface area contributed by atoms with Crippen LogP contribution in [0.1, 0.15) is 30.5 Å². The van der Waals surface area contributed by atoms with E-state index in [0.29, 0.717) is 0 Å². The van der Waals surface area contributed by atoms with Crippen LogP contribution in [0.5, 0.6) is 0 Å². The van der Waals surface area contributed by atoms with Gasteiger partial charge in [0.15, 0.2) is 0 Å². The third-order valence-electron chi connectivity index (χ3n) is 3.22. The predicted molar refractivity (Wildman–Crippen MR) is 76.8 cm³/mol. The molecule has 1 aromatic carbocycles. The van der Waals surface area contributed by atoms with Crippen molar-refractivity contribution in [2.75, 3.05) is 0 Å². The monoisotopic (exact) mass is 222 g/mol. The Balaban J connectivity index is 2.43. The first kappa shape index (κ1) is 11.7. The number of rotatable bonds is 3. The van der Waals surface area contributed by atoms with Crippen molar-refractivity contribution in [1.82, 2.24) is 0 Å². The van der Waals surface area contributed by atoms with E-state index < -0.39 is 0 Å². The summed E-state index contributed by atoms with van der Waals surface area (Å²) < 4.78 is 0. The number of hydrogen-bond acceptors (Lipinski definition) is 0. The van der Waals surface area contributed by atoms with E-state index in [1.807, 2.05) is 13.8 Å². The van der Waals surface area contributed by atoms with Gasteiger partial charge in [-0.15, -0.1) is 0 Å². The second-order valence-corrected chi connectivity index (χ2v) is 4.48. The highest BCUT2D eigenvalue weighted by atomic mass is 14.1. The molecule has 0 amide bonds. The van der Waals surface area contributed by atoms with Crippen molar-refractivity contribution in [2.24, 2.45) is 0 Å². The molecule has 0 bridgehead atoms. The van der Waals surface area contributed by atoms with Gasteiger partial charge >= 0.3 is 0 Å². The van der Waals surface area contributed by atoms with Crippen LogP contribution in [0.3, 0.4) is 0 Å². The van der Waals surface area contributed by atoms with Crippen LogP contribution >= 0.6 is 0 Å². The van der Waals surface area contributed by atoms with Crippen LogP contribution in [0.2, 0.25) is 0 Å². The molecule has 0 aliphatic heterocycles. The molecule has 0 saturated heterocycles. The zero-order chi connectivity index (χ0) is 12.4. The van der Waals surface area contributed by atoms with Crippen LogP contribution < -0.4 is 0 Å². The second kappa shape index (κ2) is 4.58. The molecular formula is C17H18. The van der Waals surface area contributed by atoms with Gasteiger partial charge in [0.05, 0.1) is 0 Å². The number of hydrogen-bond donors (Lipinski definition) is 0. The Hall–Kier alpha value is -1.82. The van der Waals surface area contributed by atoms with Gasteiger partial charge in [-0.25, -0.2) is 0 Å². The third kappa shape index (κ3) is 2.16. The number of fused-ring (bicyclic) bond motifs is 1. The van der Waals surface area contributed by atoms with E-state index in [1.165, 1.54) is 22.3 Å². The molecule has 1 aliphatic carbocycles. The van der Waals surface area contributed by atoms with Crippen molar-refractivity contribution in [3.05, 3.63) is 71.3 Å². The molecule has 0 atom stereocenters. The van der Waals surface area contributed by atoms with E-state index >= 15 is 0 Å². The fourth-order valence-corrected chi connectivity index (χ4v) is 2.16. The minimum absolute atomic E-state index is 1.02. The van der Waals surface area contributed by atoms with E-state index in [9.17, 15) is 0 Å². The van der Waals surface area contributed by atoms with Crippen LogP contribution in [0, 0.1) is 0 Å². The lowest BCUT2D eigenvalue weighted by Crippen LogP contribution is -1.92. The molecule has 0 nitrogen and oxygen atoms in total. The second-order valence-electron chi connectivity index (χ2n) is 4.48. The molecule has 0 unspecified atom stereocenters. The van der Waals surface area contributed by atoms with Crippen LogP contribution in [0.4, 0.5) is 0 Å². The quantitative estimate of drug-likeness (QED) is 0.645. The summed E-state index contributed by atoms with van der Waals surface area (Å²) in [6.45, 7) is 12.1. The van der Waals surface area contributed by atoms with Crippen molar-refractivity contribution < 1.29 is 0 Å². The van der Waals surface area contributed by atoms with Crippen molar-refractivity contribution in [1.29, 1.82) is 0 Å². The van der Waals surface area contributed by atoms with Gasteiger partial charge in [-0.2, -0.15) is 0 Å². The van der Waals surface area contributed by atoms with Crippen molar-refractivity contribution in [2.45, 2.75) is 20.3 Å². The van der Waals surface area contributed by atoms with Gasteiger partial charge in [0.25, 0.3) is 0 Å². The Morgan fingerprint density at radius 3 is 2.71 bits per heavy atom. The van der Waals surface area contributed by atoms with Gasteiger partial charge in [0.2, 0.25) is 0 Å². The van der Waals surface area contributed by atoms with E-state index in [4.69, 9.17) is 0 Å². The minimum atomic E-state index is 1.02. The zero-order valence-corrected chi connectivity index (χ0v) is 10.6. The molecule has 0 saturated carbocycles. The first-order chi connectivity index (χ1) is 8.13. The maximum atomic E-state index is 4.11. The summed E-state index contributed by atoms with van der Waals surface area (Å²) in [5, 5.41) is 0.